The van der Waals surface area contributed by atoms with Crippen LogP contribution >= 0.6 is 11.3 Å². The van der Waals surface area contributed by atoms with Gasteiger partial charge in [-0.25, -0.2) is 0 Å². The highest BCUT2D eigenvalue weighted by Crippen LogP contribution is 2.34. The van der Waals surface area contributed by atoms with E-state index in [2.05, 4.69) is 31.9 Å². The minimum absolute atomic E-state index is 0.0916. The summed E-state index contributed by atoms with van der Waals surface area (Å²) in [6.07, 6.45) is 4.36. The van der Waals surface area contributed by atoms with Gasteiger partial charge in [-0.1, -0.05) is 19.0 Å². The van der Waals surface area contributed by atoms with Gasteiger partial charge in [0.2, 0.25) is 17.6 Å². The van der Waals surface area contributed by atoms with Crippen LogP contribution in [0.15, 0.2) is 40.5 Å². The standard InChI is InChI=1S/C20H22N4O3S/c1-12(2)17(20-23-19(24-27-20)14-4-3-7-21-11-14)22-16(25)10-15-18-13(5-8-26-15)6-9-28-18/h3-4,6-7,9,11-12,15,17H,5,8,10H2,1-2H3,(H,22,25)/t15-,17+/m0/s1. The van der Waals surface area contributed by atoms with Gasteiger partial charge in [0.1, 0.15) is 12.1 Å². The molecule has 7 nitrogen and oxygen atoms in total. The summed E-state index contributed by atoms with van der Waals surface area (Å²) in [5, 5.41) is 9.13. The number of amides is 1. The van der Waals surface area contributed by atoms with Crippen molar-refractivity contribution in [2.75, 3.05) is 6.61 Å². The quantitative estimate of drug-likeness (QED) is 0.681. The van der Waals surface area contributed by atoms with E-state index in [1.807, 2.05) is 26.0 Å². The molecule has 0 fully saturated rings. The van der Waals surface area contributed by atoms with Crippen molar-refractivity contribution >= 4 is 17.2 Å². The first-order valence-electron chi connectivity index (χ1n) is 9.33. The van der Waals surface area contributed by atoms with Gasteiger partial charge >= 0.3 is 0 Å². The Balaban J connectivity index is 1.46. The van der Waals surface area contributed by atoms with Crippen molar-refractivity contribution in [2.45, 2.75) is 38.8 Å². The lowest BCUT2D eigenvalue weighted by atomic mass is 10.0. The van der Waals surface area contributed by atoms with Crippen LogP contribution in [0.2, 0.25) is 0 Å². The number of nitrogens with one attached hydrogen (secondary N) is 1. The van der Waals surface area contributed by atoms with Gasteiger partial charge < -0.3 is 14.6 Å². The molecule has 0 spiro atoms. The smallest absolute Gasteiger partial charge is 0.249 e. The van der Waals surface area contributed by atoms with E-state index in [1.54, 1.807) is 23.7 Å². The van der Waals surface area contributed by atoms with E-state index < -0.39 is 0 Å². The monoisotopic (exact) mass is 398 g/mol. The molecule has 0 aliphatic carbocycles. The fourth-order valence-corrected chi connectivity index (χ4v) is 4.27. The van der Waals surface area contributed by atoms with E-state index in [-0.39, 0.29) is 30.4 Å². The highest BCUT2D eigenvalue weighted by molar-refractivity contribution is 7.10. The number of pyridine rings is 1. The normalized spacial score (nSPS) is 17.3. The molecule has 146 valence electrons. The Kier molecular flexibility index (Phi) is 5.50. The van der Waals surface area contributed by atoms with Crippen molar-refractivity contribution in [3.05, 3.63) is 52.3 Å². The SMILES string of the molecule is CC(C)[C@@H](NC(=O)C[C@@H]1OCCc2ccsc21)c1nc(-c2cccnc2)no1. The summed E-state index contributed by atoms with van der Waals surface area (Å²) >= 11 is 1.65. The molecule has 0 unspecified atom stereocenters. The second kappa shape index (κ2) is 8.20. The molecule has 1 N–H and O–H groups in total. The maximum Gasteiger partial charge on any atom is 0.249 e. The molecule has 2 atom stereocenters. The molecule has 0 aromatic carbocycles. The lowest BCUT2D eigenvalue weighted by Crippen LogP contribution is -2.33. The van der Waals surface area contributed by atoms with Crippen LogP contribution in [0.4, 0.5) is 0 Å². The molecule has 3 aromatic rings. The van der Waals surface area contributed by atoms with Gasteiger partial charge in [0.05, 0.1) is 13.0 Å². The Morgan fingerprint density at radius 3 is 3.07 bits per heavy atom. The number of fused-ring (bicyclic) bond motifs is 1. The molecule has 0 saturated heterocycles. The van der Waals surface area contributed by atoms with Crippen molar-refractivity contribution in [3.8, 4) is 11.4 Å². The Hall–Kier alpha value is -2.58. The molecule has 0 radical (unpaired) electrons. The third kappa shape index (κ3) is 3.98. The fourth-order valence-electron chi connectivity index (χ4n) is 3.26. The van der Waals surface area contributed by atoms with Crippen molar-refractivity contribution in [3.63, 3.8) is 0 Å². The number of rotatable bonds is 6. The molecule has 0 saturated carbocycles. The minimum Gasteiger partial charge on any atom is -0.372 e. The highest BCUT2D eigenvalue weighted by atomic mass is 32.1. The first-order chi connectivity index (χ1) is 13.6. The number of nitrogens with zero attached hydrogens (tertiary/aromatic N) is 3. The lowest BCUT2D eigenvalue weighted by Gasteiger charge is -2.24. The third-order valence-electron chi connectivity index (χ3n) is 4.75. The molecule has 3 aromatic heterocycles. The molecule has 4 heterocycles. The van der Waals surface area contributed by atoms with Crippen LogP contribution in [0.5, 0.6) is 0 Å². The largest absolute Gasteiger partial charge is 0.372 e. The van der Waals surface area contributed by atoms with E-state index in [0.717, 1.165) is 16.9 Å². The maximum absolute atomic E-state index is 12.7. The number of hydrogen-bond acceptors (Lipinski definition) is 7. The molecule has 8 heteroatoms. The zero-order valence-corrected chi connectivity index (χ0v) is 16.6. The molecular weight excluding hydrogens is 376 g/mol. The fraction of sp³-hybridized carbons (Fsp3) is 0.400. The lowest BCUT2D eigenvalue weighted by molar-refractivity contribution is -0.125. The Morgan fingerprint density at radius 1 is 1.39 bits per heavy atom. The Bertz CT molecular complexity index is 938. The van der Waals surface area contributed by atoms with Crippen LogP contribution in [-0.2, 0) is 16.0 Å². The van der Waals surface area contributed by atoms with Gasteiger partial charge in [0.15, 0.2) is 0 Å². The molecule has 1 amide bonds. The van der Waals surface area contributed by atoms with Crippen molar-refractivity contribution < 1.29 is 14.1 Å². The molecule has 1 aliphatic heterocycles. The average molecular weight is 398 g/mol. The van der Waals surface area contributed by atoms with Crippen LogP contribution in [0.25, 0.3) is 11.4 Å². The van der Waals surface area contributed by atoms with Crippen LogP contribution < -0.4 is 5.32 Å². The second-order valence-electron chi connectivity index (χ2n) is 7.11. The number of carbonyl (C=O) groups excluding carboxylic acids is 1. The molecule has 4 rings (SSSR count). The number of ether oxygens (including phenoxy) is 1. The van der Waals surface area contributed by atoms with Crippen molar-refractivity contribution in [2.24, 2.45) is 5.92 Å². The topological polar surface area (TPSA) is 90.1 Å². The van der Waals surface area contributed by atoms with E-state index in [1.165, 1.54) is 5.56 Å². The van der Waals surface area contributed by atoms with E-state index in [4.69, 9.17) is 9.26 Å². The maximum atomic E-state index is 12.7. The van der Waals surface area contributed by atoms with Crippen molar-refractivity contribution in [1.29, 1.82) is 0 Å². The summed E-state index contributed by atoms with van der Waals surface area (Å²) in [5.41, 5.74) is 2.06. The first-order valence-corrected chi connectivity index (χ1v) is 10.2. The van der Waals surface area contributed by atoms with E-state index >= 15 is 0 Å². The second-order valence-corrected chi connectivity index (χ2v) is 8.06. The van der Waals surface area contributed by atoms with Gasteiger partial charge in [-0.15, -0.1) is 11.3 Å². The van der Waals surface area contributed by atoms with Crippen molar-refractivity contribution in [1.82, 2.24) is 20.4 Å². The summed E-state index contributed by atoms with van der Waals surface area (Å²) in [4.78, 5) is 22.4. The number of carbonyl (C=O) groups is 1. The van der Waals surface area contributed by atoms with Crippen LogP contribution in [-0.4, -0.2) is 27.6 Å². The van der Waals surface area contributed by atoms with Crippen LogP contribution in [0.1, 0.15) is 48.7 Å². The predicted molar refractivity (Wildman–Crippen MR) is 105 cm³/mol. The summed E-state index contributed by atoms with van der Waals surface area (Å²) in [5.74, 6) is 0.854. The summed E-state index contributed by atoms with van der Waals surface area (Å²) in [6.45, 7) is 4.66. The summed E-state index contributed by atoms with van der Waals surface area (Å²) < 4.78 is 11.3. The van der Waals surface area contributed by atoms with Gasteiger partial charge in [-0.2, -0.15) is 4.98 Å². The minimum atomic E-state index is -0.364. The van der Waals surface area contributed by atoms with E-state index in [9.17, 15) is 4.79 Å². The van der Waals surface area contributed by atoms with Crippen LogP contribution in [0, 0.1) is 5.92 Å². The molecular formula is C20H22N4O3S. The third-order valence-corrected chi connectivity index (χ3v) is 5.80. The average Bonchev–Trinajstić information content (AvgIpc) is 3.37. The Labute approximate surface area is 167 Å². The number of aromatic nitrogens is 3. The van der Waals surface area contributed by atoms with Gasteiger partial charge in [0, 0.05) is 22.8 Å². The summed E-state index contributed by atoms with van der Waals surface area (Å²) in [6, 6.07) is 5.43. The zero-order valence-electron chi connectivity index (χ0n) is 15.8. The van der Waals surface area contributed by atoms with Gasteiger partial charge in [0.25, 0.3) is 0 Å². The predicted octanol–water partition coefficient (Wildman–Crippen LogP) is 3.71. The Morgan fingerprint density at radius 2 is 2.29 bits per heavy atom. The van der Waals surface area contributed by atoms with Gasteiger partial charge in [-0.05, 0) is 41.5 Å². The first kappa shape index (κ1) is 18.8. The summed E-state index contributed by atoms with van der Waals surface area (Å²) in [7, 11) is 0. The number of hydrogen-bond donors (Lipinski definition) is 1. The molecule has 1 aliphatic rings. The number of thiophene rings is 1. The molecule has 28 heavy (non-hydrogen) atoms. The van der Waals surface area contributed by atoms with Crippen LogP contribution in [0.3, 0.4) is 0 Å². The molecule has 0 bridgehead atoms. The zero-order chi connectivity index (χ0) is 19.5. The van der Waals surface area contributed by atoms with Gasteiger partial charge in [-0.3, -0.25) is 9.78 Å². The van der Waals surface area contributed by atoms with E-state index in [0.29, 0.717) is 18.3 Å². The highest BCUT2D eigenvalue weighted by Gasteiger charge is 2.29.